The van der Waals surface area contributed by atoms with Crippen molar-refractivity contribution in [2.45, 2.75) is 6.42 Å². The Hall–Kier alpha value is -2.36. The lowest BCUT2D eigenvalue weighted by Gasteiger charge is -2.31. The lowest BCUT2D eigenvalue weighted by Crippen LogP contribution is -2.42. The highest BCUT2D eigenvalue weighted by molar-refractivity contribution is 6.12. The first-order valence-corrected chi connectivity index (χ1v) is 6.26. The Morgan fingerprint density at radius 3 is 2.20 bits per heavy atom. The summed E-state index contributed by atoms with van der Waals surface area (Å²) in [7, 11) is 2.54. The van der Waals surface area contributed by atoms with Crippen LogP contribution in [0.3, 0.4) is 0 Å². The molecule has 0 heterocycles. The first-order chi connectivity index (χ1) is 9.66. The molecule has 0 aromatic heterocycles. The fourth-order valence-corrected chi connectivity index (χ4v) is 2.44. The van der Waals surface area contributed by atoms with Crippen molar-refractivity contribution in [2.75, 3.05) is 14.2 Å². The summed E-state index contributed by atoms with van der Waals surface area (Å²) in [6, 6.07) is 9.29. The van der Waals surface area contributed by atoms with Gasteiger partial charge in [0.2, 0.25) is 0 Å². The van der Waals surface area contributed by atoms with Crippen molar-refractivity contribution in [2.24, 2.45) is 5.41 Å². The number of rotatable bonds is 3. The second-order valence-electron chi connectivity index (χ2n) is 4.47. The van der Waals surface area contributed by atoms with E-state index < -0.39 is 17.4 Å². The van der Waals surface area contributed by atoms with E-state index in [0.717, 1.165) is 5.56 Å². The minimum Gasteiger partial charge on any atom is -0.468 e. The largest absolute Gasteiger partial charge is 0.468 e. The van der Waals surface area contributed by atoms with Gasteiger partial charge in [-0.1, -0.05) is 48.6 Å². The first-order valence-electron chi connectivity index (χ1n) is 6.26. The van der Waals surface area contributed by atoms with Crippen LogP contribution >= 0.6 is 0 Å². The second-order valence-corrected chi connectivity index (χ2v) is 4.47. The maximum absolute atomic E-state index is 12.3. The van der Waals surface area contributed by atoms with Gasteiger partial charge in [-0.3, -0.25) is 9.59 Å². The summed E-state index contributed by atoms with van der Waals surface area (Å²) in [4.78, 5) is 24.6. The molecule has 0 bridgehead atoms. The molecule has 4 nitrogen and oxygen atoms in total. The van der Waals surface area contributed by atoms with Gasteiger partial charge in [0.15, 0.2) is 5.41 Å². The molecule has 0 atom stereocenters. The van der Waals surface area contributed by atoms with E-state index in [1.54, 1.807) is 12.2 Å². The van der Waals surface area contributed by atoms with Crippen LogP contribution in [0.15, 0.2) is 48.6 Å². The Kier molecular flexibility index (Phi) is 4.03. The molecule has 0 amide bonds. The molecule has 0 N–H and O–H groups in total. The van der Waals surface area contributed by atoms with Gasteiger partial charge in [0.25, 0.3) is 0 Å². The topological polar surface area (TPSA) is 52.6 Å². The minimum absolute atomic E-state index is 0.229. The van der Waals surface area contributed by atoms with Crippen LogP contribution in [0.2, 0.25) is 0 Å². The number of esters is 2. The van der Waals surface area contributed by atoms with Crippen LogP contribution in [0.25, 0.3) is 5.57 Å². The van der Waals surface area contributed by atoms with E-state index in [2.05, 4.69) is 0 Å². The van der Waals surface area contributed by atoms with Crippen LogP contribution in [0.1, 0.15) is 12.0 Å². The van der Waals surface area contributed by atoms with Gasteiger partial charge in [0, 0.05) is 0 Å². The summed E-state index contributed by atoms with van der Waals surface area (Å²) in [5.41, 5.74) is -0.0356. The average Bonchev–Trinajstić information content (AvgIpc) is 2.53. The zero-order valence-electron chi connectivity index (χ0n) is 11.5. The summed E-state index contributed by atoms with van der Waals surface area (Å²) in [5.74, 6) is -1.22. The van der Waals surface area contributed by atoms with Crippen LogP contribution in [-0.2, 0) is 19.1 Å². The monoisotopic (exact) mass is 272 g/mol. The lowest BCUT2D eigenvalue weighted by molar-refractivity contribution is -0.164. The van der Waals surface area contributed by atoms with Gasteiger partial charge in [-0.2, -0.15) is 0 Å². The summed E-state index contributed by atoms with van der Waals surface area (Å²) < 4.78 is 9.71. The van der Waals surface area contributed by atoms with E-state index in [0.29, 0.717) is 5.57 Å². The van der Waals surface area contributed by atoms with Crippen LogP contribution in [0.5, 0.6) is 0 Å². The Morgan fingerprint density at radius 1 is 1.05 bits per heavy atom. The Bertz CT molecular complexity index is 553. The fourth-order valence-electron chi connectivity index (χ4n) is 2.44. The van der Waals surface area contributed by atoms with Crippen molar-refractivity contribution in [1.82, 2.24) is 0 Å². The third kappa shape index (κ3) is 2.13. The quantitative estimate of drug-likeness (QED) is 0.626. The molecule has 0 saturated carbocycles. The molecule has 1 aromatic rings. The van der Waals surface area contributed by atoms with Gasteiger partial charge in [-0.25, -0.2) is 0 Å². The summed E-state index contributed by atoms with van der Waals surface area (Å²) in [5, 5.41) is 0. The summed E-state index contributed by atoms with van der Waals surface area (Å²) in [6.07, 6.45) is 5.58. The molecule has 104 valence electrons. The Labute approximate surface area is 117 Å². The van der Waals surface area contributed by atoms with Gasteiger partial charge in [0.05, 0.1) is 14.2 Å². The normalized spacial score (nSPS) is 16.2. The van der Waals surface area contributed by atoms with Crippen LogP contribution in [-0.4, -0.2) is 26.2 Å². The Balaban J connectivity index is 2.61. The molecule has 0 fully saturated rings. The fraction of sp³-hybridized carbons (Fsp3) is 0.250. The molecule has 4 heteroatoms. The molecule has 0 saturated heterocycles. The van der Waals surface area contributed by atoms with Gasteiger partial charge in [-0.05, 0) is 17.6 Å². The first kappa shape index (κ1) is 14.1. The van der Waals surface area contributed by atoms with Crippen molar-refractivity contribution >= 4 is 17.5 Å². The molecule has 1 aliphatic carbocycles. The molecule has 0 radical (unpaired) electrons. The highest BCUT2D eigenvalue weighted by Gasteiger charge is 2.51. The Morgan fingerprint density at radius 2 is 1.65 bits per heavy atom. The van der Waals surface area contributed by atoms with Crippen molar-refractivity contribution in [1.29, 1.82) is 0 Å². The average molecular weight is 272 g/mol. The predicted molar refractivity (Wildman–Crippen MR) is 74.6 cm³/mol. The highest BCUT2D eigenvalue weighted by Crippen LogP contribution is 2.43. The molecule has 0 spiro atoms. The second kappa shape index (κ2) is 5.74. The smallest absolute Gasteiger partial charge is 0.328 e. The molecule has 1 aromatic carbocycles. The van der Waals surface area contributed by atoms with Crippen LogP contribution < -0.4 is 0 Å². The third-order valence-electron chi connectivity index (χ3n) is 3.44. The maximum atomic E-state index is 12.3. The van der Waals surface area contributed by atoms with E-state index in [9.17, 15) is 9.59 Å². The van der Waals surface area contributed by atoms with E-state index in [1.807, 2.05) is 36.4 Å². The lowest BCUT2D eigenvalue weighted by atomic mass is 9.72. The minimum atomic E-state index is -1.43. The van der Waals surface area contributed by atoms with Crippen molar-refractivity contribution < 1.29 is 19.1 Å². The standard InChI is InChI=1S/C16H16O4/c1-19-14(17)16(15(18)20-2)11-7-6-10-13(16)12-8-4-3-5-9-12/h3-10H,11H2,1-2H3. The molecule has 2 rings (SSSR count). The third-order valence-corrected chi connectivity index (χ3v) is 3.44. The van der Waals surface area contributed by atoms with E-state index in [4.69, 9.17) is 9.47 Å². The van der Waals surface area contributed by atoms with Gasteiger partial charge in [0.1, 0.15) is 0 Å². The SMILES string of the molecule is COC(=O)C1(C(=O)OC)CC=CC=C1c1ccccc1. The molecule has 0 unspecified atom stereocenters. The molecular weight excluding hydrogens is 256 g/mol. The summed E-state index contributed by atoms with van der Waals surface area (Å²) >= 11 is 0. The van der Waals surface area contributed by atoms with Crippen molar-refractivity contribution in [3.8, 4) is 0 Å². The number of methoxy groups -OCH3 is 2. The van der Waals surface area contributed by atoms with Crippen LogP contribution in [0, 0.1) is 5.41 Å². The zero-order valence-corrected chi connectivity index (χ0v) is 11.5. The van der Waals surface area contributed by atoms with E-state index in [-0.39, 0.29) is 6.42 Å². The number of hydrogen-bond donors (Lipinski definition) is 0. The molecule has 1 aliphatic rings. The predicted octanol–water partition coefficient (Wildman–Crippen LogP) is 2.36. The van der Waals surface area contributed by atoms with E-state index in [1.165, 1.54) is 14.2 Å². The number of carbonyl (C=O) groups excluding carboxylic acids is 2. The van der Waals surface area contributed by atoms with E-state index >= 15 is 0 Å². The number of hydrogen-bond acceptors (Lipinski definition) is 4. The van der Waals surface area contributed by atoms with Gasteiger partial charge < -0.3 is 9.47 Å². The zero-order chi connectivity index (χ0) is 14.6. The maximum Gasteiger partial charge on any atom is 0.328 e. The number of ether oxygens (including phenoxy) is 2. The number of benzene rings is 1. The van der Waals surface area contributed by atoms with Crippen LogP contribution in [0.4, 0.5) is 0 Å². The number of allylic oxidation sites excluding steroid dienone is 3. The highest BCUT2D eigenvalue weighted by atomic mass is 16.5. The molecular formula is C16H16O4. The number of carbonyl (C=O) groups is 2. The van der Waals surface area contributed by atoms with Crippen molar-refractivity contribution in [3.63, 3.8) is 0 Å². The van der Waals surface area contributed by atoms with Gasteiger partial charge >= 0.3 is 11.9 Å². The molecule has 20 heavy (non-hydrogen) atoms. The molecule has 0 aliphatic heterocycles. The van der Waals surface area contributed by atoms with Gasteiger partial charge in [-0.15, -0.1) is 0 Å². The summed E-state index contributed by atoms with van der Waals surface area (Å²) in [6.45, 7) is 0. The van der Waals surface area contributed by atoms with Crippen molar-refractivity contribution in [3.05, 3.63) is 54.1 Å².